The molecule has 0 saturated carbocycles. The minimum atomic E-state index is 0.0192. The molecule has 0 fully saturated rings. The van der Waals surface area contributed by atoms with Crippen molar-refractivity contribution in [3.63, 3.8) is 0 Å². The first-order chi connectivity index (χ1) is 8.19. The molecule has 1 nitrogen and oxygen atoms in total. The Morgan fingerprint density at radius 2 is 2.18 bits per heavy atom. The maximum Gasteiger partial charge on any atom is 0.129 e. The number of rotatable bonds is 4. The molecule has 0 bridgehead atoms. The van der Waals surface area contributed by atoms with Crippen molar-refractivity contribution in [2.45, 2.75) is 18.7 Å². The highest BCUT2D eigenvalue weighted by molar-refractivity contribution is 7.10. The second kappa shape index (κ2) is 5.56. The van der Waals surface area contributed by atoms with E-state index in [1.54, 1.807) is 18.4 Å². The van der Waals surface area contributed by atoms with Gasteiger partial charge in [-0.15, -0.1) is 22.9 Å². The van der Waals surface area contributed by atoms with Crippen LogP contribution in [0.3, 0.4) is 0 Å². The zero-order valence-electron chi connectivity index (χ0n) is 9.94. The number of ether oxygens (including phenoxy) is 1. The average molecular weight is 267 g/mol. The number of alkyl halides is 1. The molecule has 2 rings (SSSR count). The van der Waals surface area contributed by atoms with Gasteiger partial charge in [0.2, 0.25) is 0 Å². The summed E-state index contributed by atoms with van der Waals surface area (Å²) in [6, 6.07) is 10.5. The predicted molar refractivity (Wildman–Crippen MR) is 74.3 cm³/mol. The van der Waals surface area contributed by atoms with Crippen LogP contribution in [0.1, 0.15) is 21.4 Å². The fraction of sp³-hybridized carbons (Fsp3) is 0.286. The van der Waals surface area contributed by atoms with Crippen LogP contribution in [-0.4, -0.2) is 7.11 Å². The summed E-state index contributed by atoms with van der Waals surface area (Å²) in [5, 5.41) is 2.01. The zero-order chi connectivity index (χ0) is 12.3. The molecule has 2 aromatic rings. The lowest BCUT2D eigenvalue weighted by atomic mass is 10.1. The summed E-state index contributed by atoms with van der Waals surface area (Å²) in [6.07, 6.45) is 0.854. The van der Waals surface area contributed by atoms with Gasteiger partial charge in [-0.2, -0.15) is 0 Å². The molecule has 0 aliphatic carbocycles. The molecule has 0 N–H and O–H groups in total. The highest BCUT2D eigenvalue weighted by atomic mass is 35.5. The summed E-state index contributed by atoms with van der Waals surface area (Å²) in [6.45, 7) is 2.10. The molecular formula is C14H15ClOS. The van der Waals surface area contributed by atoms with Crippen LogP contribution < -0.4 is 4.74 Å². The number of hydrogen-bond acceptors (Lipinski definition) is 2. The Kier molecular flexibility index (Phi) is 4.08. The Morgan fingerprint density at radius 1 is 1.35 bits per heavy atom. The molecule has 0 aliphatic heterocycles. The Morgan fingerprint density at radius 3 is 2.82 bits per heavy atom. The minimum absolute atomic E-state index is 0.0192. The van der Waals surface area contributed by atoms with Crippen LogP contribution in [0.4, 0.5) is 0 Å². The quantitative estimate of drug-likeness (QED) is 0.736. The Labute approximate surface area is 111 Å². The van der Waals surface area contributed by atoms with Gasteiger partial charge in [-0.05, 0) is 25.0 Å². The van der Waals surface area contributed by atoms with E-state index in [9.17, 15) is 0 Å². The predicted octanol–water partition coefficient (Wildman–Crippen LogP) is 4.59. The van der Waals surface area contributed by atoms with Gasteiger partial charge in [-0.25, -0.2) is 0 Å². The third kappa shape index (κ3) is 3.24. The molecule has 0 spiro atoms. The first-order valence-electron chi connectivity index (χ1n) is 5.51. The third-order valence-corrected chi connectivity index (χ3v) is 4.18. The first-order valence-corrected chi connectivity index (χ1v) is 6.82. The number of methoxy groups -OCH3 is 1. The van der Waals surface area contributed by atoms with Crippen LogP contribution >= 0.6 is 22.9 Å². The molecule has 1 atom stereocenters. The number of halogens is 1. The van der Waals surface area contributed by atoms with Gasteiger partial charge in [0, 0.05) is 10.3 Å². The molecule has 1 heterocycles. The van der Waals surface area contributed by atoms with Gasteiger partial charge in [0.1, 0.15) is 5.75 Å². The van der Waals surface area contributed by atoms with E-state index in [4.69, 9.17) is 16.3 Å². The lowest BCUT2D eigenvalue weighted by molar-refractivity contribution is 0.416. The van der Waals surface area contributed by atoms with E-state index < -0.39 is 0 Å². The van der Waals surface area contributed by atoms with Gasteiger partial charge >= 0.3 is 0 Å². The summed E-state index contributed by atoms with van der Waals surface area (Å²) in [4.78, 5) is 1.16. The molecule has 3 heteroatoms. The molecule has 0 aliphatic rings. The summed E-state index contributed by atoms with van der Waals surface area (Å²) in [5.74, 6) is 0.889. The van der Waals surface area contributed by atoms with Crippen LogP contribution in [0.15, 0.2) is 35.7 Å². The lowest BCUT2D eigenvalue weighted by Crippen LogP contribution is -1.93. The van der Waals surface area contributed by atoms with E-state index in [2.05, 4.69) is 31.2 Å². The maximum absolute atomic E-state index is 6.42. The van der Waals surface area contributed by atoms with Crippen molar-refractivity contribution in [2.24, 2.45) is 0 Å². The van der Waals surface area contributed by atoms with Crippen molar-refractivity contribution in [3.8, 4) is 5.75 Å². The van der Waals surface area contributed by atoms with Gasteiger partial charge in [-0.3, -0.25) is 0 Å². The van der Waals surface area contributed by atoms with E-state index in [0.29, 0.717) is 0 Å². The van der Waals surface area contributed by atoms with Crippen LogP contribution in [0.5, 0.6) is 5.75 Å². The summed E-state index contributed by atoms with van der Waals surface area (Å²) >= 11 is 8.07. The molecule has 90 valence electrons. The number of thiophene rings is 1. The number of hydrogen-bond donors (Lipinski definition) is 0. The van der Waals surface area contributed by atoms with Gasteiger partial charge in [-0.1, -0.05) is 29.8 Å². The number of aryl methyl sites for hydroxylation is 1. The van der Waals surface area contributed by atoms with Crippen LogP contribution in [-0.2, 0) is 6.42 Å². The fourth-order valence-electron chi connectivity index (χ4n) is 1.75. The molecule has 0 amide bonds. The summed E-state index contributed by atoms with van der Waals surface area (Å²) in [5.41, 5.74) is 2.55. The van der Waals surface area contributed by atoms with Crippen LogP contribution in [0.2, 0.25) is 0 Å². The lowest BCUT2D eigenvalue weighted by Gasteiger charge is -2.07. The smallest absolute Gasteiger partial charge is 0.129 e. The molecule has 1 aromatic heterocycles. The normalized spacial score (nSPS) is 12.4. The standard InChI is InChI=1S/C14H15ClOS/c1-10-4-3-5-11(6-10)7-13(15)14-8-12(16-2)9-17-14/h3-6,8-9,13H,7H2,1-2H3. The SMILES string of the molecule is COc1csc(C(Cl)Cc2cccc(C)c2)c1. The second-order valence-electron chi connectivity index (χ2n) is 4.05. The average Bonchev–Trinajstić information content (AvgIpc) is 2.77. The van der Waals surface area contributed by atoms with Crippen molar-refractivity contribution < 1.29 is 4.74 Å². The number of benzene rings is 1. The van der Waals surface area contributed by atoms with Gasteiger partial charge in [0.15, 0.2) is 0 Å². The maximum atomic E-state index is 6.42. The molecule has 1 unspecified atom stereocenters. The van der Waals surface area contributed by atoms with E-state index in [1.807, 2.05) is 11.4 Å². The van der Waals surface area contributed by atoms with E-state index in [-0.39, 0.29) is 5.38 Å². The summed E-state index contributed by atoms with van der Waals surface area (Å²) < 4.78 is 5.17. The van der Waals surface area contributed by atoms with E-state index >= 15 is 0 Å². The Hall–Kier alpha value is -0.990. The van der Waals surface area contributed by atoms with Gasteiger partial charge in [0.25, 0.3) is 0 Å². The van der Waals surface area contributed by atoms with Crippen LogP contribution in [0.25, 0.3) is 0 Å². The van der Waals surface area contributed by atoms with Crippen molar-refractivity contribution >= 4 is 22.9 Å². The summed E-state index contributed by atoms with van der Waals surface area (Å²) in [7, 11) is 1.68. The Balaban J connectivity index is 2.08. The van der Waals surface area contributed by atoms with Crippen molar-refractivity contribution in [2.75, 3.05) is 7.11 Å². The fourth-order valence-corrected chi connectivity index (χ4v) is 2.98. The van der Waals surface area contributed by atoms with Gasteiger partial charge in [0.05, 0.1) is 12.5 Å². The van der Waals surface area contributed by atoms with Crippen molar-refractivity contribution in [3.05, 3.63) is 51.7 Å². The molecule has 1 aromatic carbocycles. The third-order valence-electron chi connectivity index (χ3n) is 2.64. The zero-order valence-corrected chi connectivity index (χ0v) is 11.5. The topological polar surface area (TPSA) is 9.23 Å². The highest BCUT2D eigenvalue weighted by Crippen LogP contribution is 2.33. The molecular weight excluding hydrogens is 252 g/mol. The Bertz CT molecular complexity index is 492. The molecule has 17 heavy (non-hydrogen) atoms. The molecule has 0 radical (unpaired) electrons. The largest absolute Gasteiger partial charge is 0.496 e. The minimum Gasteiger partial charge on any atom is -0.496 e. The molecule has 0 saturated heterocycles. The van der Waals surface area contributed by atoms with E-state index in [1.165, 1.54) is 11.1 Å². The van der Waals surface area contributed by atoms with Crippen LogP contribution in [0, 0.1) is 6.92 Å². The van der Waals surface area contributed by atoms with Crippen molar-refractivity contribution in [1.29, 1.82) is 0 Å². The highest BCUT2D eigenvalue weighted by Gasteiger charge is 2.12. The van der Waals surface area contributed by atoms with Crippen molar-refractivity contribution in [1.82, 2.24) is 0 Å². The first kappa shape index (κ1) is 12.5. The monoisotopic (exact) mass is 266 g/mol. The second-order valence-corrected chi connectivity index (χ2v) is 5.52. The van der Waals surface area contributed by atoms with Gasteiger partial charge < -0.3 is 4.74 Å². The van der Waals surface area contributed by atoms with E-state index in [0.717, 1.165) is 17.0 Å².